The molecule has 0 saturated heterocycles. The number of carbonyl (C=O) groups excluding carboxylic acids is 1. The second kappa shape index (κ2) is 6.63. The minimum Gasteiger partial charge on any atom is -0.456 e. The Labute approximate surface area is 170 Å². The Morgan fingerprint density at radius 3 is 2.31 bits per heavy atom. The minimum atomic E-state index is -0.390. The standard InChI is InChI=1S/C26H22O3/c1-15(2)26(27)29-25-20-12-8-7-11-19(20)24(28-18-9-5-4-6-10-18)22-17-13-16(3)21(14-17)23(22)25/h4-13,17,21H,1,14H2,2-3H3. The number of esters is 1. The van der Waals surface area contributed by atoms with Crippen LogP contribution in [-0.2, 0) is 4.79 Å². The van der Waals surface area contributed by atoms with Gasteiger partial charge in [-0.1, -0.05) is 60.7 Å². The van der Waals surface area contributed by atoms with Crippen LogP contribution in [-0.4, -0.2) is 5.97 Å². The first-order chi connectivity index (χ1) is 14.0. The third-order valence-electron chi connectivity index (χ3n) is 5.92. The molecule has 3 aromatic carbocycles. The highest BCUT2D eigenvalue weighted by Gasteiger charge is 2.42. The number of ether oxygens (including phenoxy) is 2. The van der Waals surface area contributed by atoms with Crippen LogP contribution in [0.15, 0.2) is 78.4 Å². The van der Waals surface area contributed by atoms with E-state index in [-0.39, 0.29) is 11.8 Å². The van der Waals surface area contributed by atoms with Gasteiger partial charge >= 0.3 is 5.97 Å². The van der Waals surface area contributed by atoms with E-state index in [1.165, 1.54) is 5.57 Å². The van der Waals surface area contributed by atoms with Gasteiger partial charge in [0.2, 0.25) is 0 Å². The molecule has 2 aliphatic rings. The second-order valence-corrected chi connectivity index (χ2v) is 7.92. The zero-order valence-electron chi connectivity index (χ0n) is 16.6. The van der Waals surface area contributed by atoms with Crippen molar-refractivity contribution in [3.8, 4) is 17.2 Å². The summed E-state index contributed by atoms with van der Waals surface area (Å²) < 4.78 is 12.4. The molecule has 0 amide bonds. The first kappa shape index (κ1) is 17.7. The molecule has 2 atom stereocenters. The number of hydrogen-bond donors (Lipinski definition) is 0. The quantitative estimate of drug-likeness (QED) is 0.219. The summed E-state index contributed by atoms with van der Waals surface area (Å²) in [7, 11) is 0. The Morgan fingerprint density at radius 2 is 1.62 bits per heavy atom. The molecule has 2 bridgehead atoms. The third kappa shape index (κ3) is 2.77. The molecule has 0 spiro atoms. The number of allylic oxidation sites excluding steroid dienone is 2. The van der Waals surface area contributed by atoms with Crippen molar-refractivity contribution in [3.63, 3.8) is 0 Å². The Bertz CT molecular complexity index is 1190. The van der Waals surface area contributed by atoms with E-state index in [9.17, 15) is 4.79 Å². The van der Waals surface area contributed by atoms with Crippen LogP contribution in [0.1, 0.15) is 43.2 Å². The topological polar surface area (TPSA) is 35.5 Å². The van der Waals surface area contributed by atoms with E-state index in [2.05, 4.69) is 19.6 Å². The lowest BCUT2D eigenvalue weighted by Crippen LogP contribution is -2.12. The average molecular weight is 382 g/mol. The van der Waals surface area contributed by atoms with Crippen molar-refractivity contribution in [2.45, 2.75) is 32.1 Å². The molecule has 3 heteroatoms. The molecule has 0 aliphatic heterocycles. The summed E-state index contributed by atoms with van der Waals surface area (Å²) in [5, 5.41) is 1.85. The van der Waals surface area contributed by atoms with Gasteiger partial charge in [0.1, 0.15) is 17.2 Å². The molecule has 0 aromatic heterocycles. The fourth-order valence-corrected chi connectivity index (χ4v) is 4.62. The Hall–Kier alpha value is -3.33. The molecule has 2 unspecified atom stereocenters. The summed E-state index contributed by atoms with van der Waals surface area (Å²) in [4.78, 5) is 12.5. The average Bonchev–Trinajstić information content (AvgIpc) is 3.28. The molecule has 3 aromatic rings. The summed E-state index contributed by atoms with van der Waals surface area (Å²) in [6, 6.07) is 17.8. The molecule has 0 fully saturated rings. The van der Waals surface area contributed by atoms with Crippen LogP contribution in [0, 0.1) is 0 Å². The fourth-order valence-electron chi connectivity index (χ4n) is 4.62. The van der Waals surface area contributed by atoms with Gasteiger partial charge in [0.05, 0.1) is 0 Å². The SMILES string of the molecule is C=C(C)C(=O)Oc1c2c(c(Oc3ccccc3)c3ccccc13)C1C=C(C)C2C1. The number of para-hydroxylation sites is 1. The Kier molecular flexibility index (Phi) is 4.06. The summed E-state index contributed by atoms with van der Waals surface area (Å²) in [6.07, 6.45) is 3.32. The van der Waals surface area contributed by atoms with E-state index in [1.54, 1.807) is 6.92 Å². The number of rotatable bonds is 4. The lowest BCUT2D eigenvalue weighted by Gasteiger charge is -2.24. The molecular weight excluding hydrogens is 360 g/mol. The van der Waals surface area contributed by atoms with Crippen LogP contribution in [0.3, 0.4) is 0 Å². The second-order valence-electron chi connectivity index (χ2n) is 7.92. The van der Waals surface area contributed by atoms with Crippen LogP contribution in [0.2, 0.25) is 0 Å². The van der Waals surface area contributed by atoms with Crippen molar-refractivity contribution < 1.29 is 14.3 Å². The maximum Gasteiger partial charge on any atom is 0.338 e. The van der Waals surface area contributed by atoms with Crippen molar-refractivity contribution in [1.82, 2.24) is 0 Å². The summed E-state index contributed by atoms with van der Waals surface area (Å²) >= 11 is 0. The van der Waals surface area contributed by atoms with Gasteiger partial charge in [0.15, 0.2) is 0 Å². The number of carbonyl (C=O) groups is 1. The van der Waals surface area contributed by atoms with Gasteiger partial charge in [-0.3, -0.25) is 0 Å². The van der Waals surface area contributed by atoms with Crippen molar-refractivity contribution in [2.24, 2.45) is 0 Å². The van der Waals surface area contributed by atoms with Gasteiger partial charge in [-0.15, -0.1) is 0 Å². The van der Waals surface area contributed by atoms with E-state index in [1.807, 2.05) is 54.6 Å². The zero-order chi connectivity index (χ0) is 20.1. The molecule has 0 N–H and O–H groups in total. The summed E-state index contributed by atoms with van der Waals surface area (Å²) in [6.45, 7) is 7.58. The molecule has 0 heterocycles. The molecule has 2 aliphatic carbocycles. The summed E-state index contributed by atoms with van der Waals surface area (Å²) in [5.41, 5.74) is 3.96. The van der Waals surface area contributed by atoms with Crippen molar-refractivity contribution in [2.75, 3.05) is 0 Å². The minimum absolute atomic E-state index is 0.255. The molecule has 144 valence electrons. The van der Waals surface area contributed by atoms with E-state index < -0.39 is 5.97 Å². The first-order valence-corrected chi connectivity index (χ1v) is 9.92. The van der Waals surface area contributed by atoms with Crippen LogP contribution < -0.4 is 9.47 Å². The maximum absolute atomic E-state index is 12.5. The smallest absolute Gasteiger partial charge is 0.338 e. The molecule has 29 heavy (non-hydrogen) atoms. The normalized spacial score (nSPS) is 19.0. The highest BCUT2D eigenvalue weighted by molar-refractivity contribution is 6.00. The van der Waals surface area contributed by atoms with Gasteiger partial charge in [0, 0.05) is 39.3 Å². The van der Waals surface area contributed by atoms with Gasteiger partial charge in [-0.2, -0.15) is 0 Å². The molecule has 0 radical (unpaired) electrons. The number of fused-ring (bicyclic) bond motifs is 6. The predicted molar refractivity (Wildman–Crippen MR) is 115 cm³/mol. The highest BCUT2D eigenvalue weighted by atomic mass is 16.5. The van der Waals surface area contributed by atoms with Crippen LogP contribution in [0.25, 0.3) is 10.8 Å². The third-order valence-corrected chi connectivity index (χ3v) is 5.92. The van der Waals surface area contributed by atoms with E-state index in [0.29, 0.717) is 11.3 Å². The fraction of sp³-hybridized carbons (Fsp3) is 0.192. The van der Waals surface area contributed by atoms with Gasteiger partial charge in [-0.05, 0) is 32.4 Å². The molecule has 5 rings (SSSR count). The van der Waals surface area contributed by atoms with Crippen molar-refractivity contribution in [1.29, 1.82) is 0 Å². The van der Waals surface area contributed by atoms with E-state index >= 15 is 0 Å². The van der Waals surface area contributed by atoms with Crippen LogP contribution in [0.5, 0.6) is 17.2 Å². The van der Waals surface area contributed by atoms with E-state index in [4.69, 9.17) is 9.47 Å². The number of hydrogen-bond acceptors (Lipinski definition) is 3. The van der Waals surface area contributed by atoms with Gasteiger partial charge in [-0.25, -0.2) is 4.79 Å². The van der Waals surface area contributed by atoms with Gasteiger partial charge in [0.25, 0.3) is 0 Å². The lowest BCUT2D eigenvalue weighted by molar-refractivity contribution is -0.130. The van der Waals surface area contributed by atoms with E-state index in [0.717, 1.165) is 39.8 Å². The van der Waals surface area contributed by atoms with Crippen molar-refractivity contribution in [3.05, 3.63) is 89.5 Å². The van der Waals surface area contributed by atoms with Crippen LogP contribution >= 0.6 is 0 Å². The lowest BCUT2D eigenvalue weighted by atomic mass is 9.87. The Morgan fingerprint density at radius 1 is 0.966 bits per heavy atom. The monoisotopic (exact) mass is 382 g/mol. The van der Waals surface area contributed by atoms with Gasteiger partial charge < -0.3 is 9.47 Å². The van der Waals surface area contributed by atoms with Crippen LogP contribution in [0.4, 0.5) is 0 Å². The molecule has 0 saturated carbocycles. The van der Waals surface area contributed by atoms with Crippen molar-refractivity contribution >= 4 is 16.7 Å². The summed E-state index contributed by atoms with van der Waals surface area (Å²) in [5.74, 6) is 2.47. The molecular formula is C26H22O3. The predicted octanol–water partition coefficient (Wildman–Crippen LogP) is 6.64. The largest absolute Gasteiger partial charge is 0.456 e. The Balaban J connectivity index is 1.78. The highest BCUT2D eigenvalue weighted by Crippen LogP contribution is 2.60. The first-order valence-electron chi connectivity index (χ1n) is 9.92. The maximum atomic E-state index is 12.5. The number of benzene rings is 3. The molecule has 3 nitrogen and oxygen atoms in total. The zero-order valence-corrected chi connectivity index (χ0v) is 16.6.